The van der Waals surface area contributed by atoms with Crippen molar-refractivity contribution in [3.05, 3.63) is 216 Å². The third-order valence-corrected chi connectivity index (χ3v) is 13.8. The van der Waals surface area contributed by atoms with E-state index in [2.05, 4.69) is 132 Å². The van der Waals surface area contributed by atoms with Gasteiger partial charge in [0.05, 0.1) is 0 Å². The molecule has 0 aromatic heterocycles. The van der Waals surface area contributed by atoms with Crippen LogP contribution in [0, 0.1) is 0 Å². The molecule has 1 aliphatic rings. The number of nitrogens with one attached hydrogen (secondary N) is 2. The quantitative estimate of drug-likeness (QED) is 0.0871. The largest absolute Gasteiger partial charge is 0.507 e. The molecule has 68 heavy (non-hydrogen) atoms. The van der Waals surface area contributed by atoms with E-state index >= 15 is 0 Å². The van der Waals surface area contributed by atoms with Gasteiger partial charge in [-0.3, -0.25) is 0 Å². The number of hydrogen-bond donors (Lipinski definition) is 4. The van der Waals surface area contributed by atoms with Gasteiger partial charge in [0.25, 0.3) is 0 Å². The van der Waals surface area contributed by atoms with Crippen LogP contribution in [0.15, 0.2) is 194 Å². The van der Waals surface area contributed by atoms with E-state index in [-0.39, 0.29) is 23.6 Å². The van der Waals surface area contributed by atoms with E-state index in [1.165, 1.54) is 0 Å². The molecule has 0 saturated heterocycles. The van der Waals surface area contributed by atoms with Crippen LogP contribution in [0.5, 0.6) is 23.0 Å². The van der Waals surface area contributed by atoms with Crippen molar-refractivity contribution >= 4 is 43.1 Å². The fraction of sp³-hybridized carbons (Fsp3) is 0.161. The first-order valence-corrected chi connectivity index (χ1v) is 23.9. The normalized spacial score (nSPS) is 15.0. The highest BCUT2D eigenvalue weighted by atomic mass is 16.5. The molecule has 0 heterocycles. The molecule has 0 aliphatic heterocycles. The van der Waals surface area contributed by atoms with Gasteiger partial charge >= 0.3 is 0 Å². The van der Waals surface area contributed by atoms with Gasteiger partial charge in [0.15, 0.2) is 0 Å². The molecule has 2 atom stereocenters. The number of aromatic hydroxyl groups is 2. The Morgan fingerprint density at radius 1 is 0.382 bits per heavy atom. The molecule has 1 fully saturated rings. The van der Waals surface area contributed by atoms with Crippen LogP contribution in [0.3, 0.4) is 0 Å². The van der Waals surface area contributed by atoms with Gasteiger partial charge in [-0.15, -0.1) is 0 Å². The van der Waals surface area contributed by atoms with Crippen LogP contribution in [0.1, 0.15) is 47.9 Å². The van der Waals surface area contributed by atoms with Crippen molar-refractivity contribution in [2.75, 3.05) is 0 Å². The fourth-order valence-electron chi connectivity index (χ4n) is 10.4. The van der Waals surface area contributed by atoms with Crippen LogP contribution in [0.4, 0.5) is 0 Å². The molecule has 1 unspecified atom stereocenters. The van der Waals surface area contributed by atoms with E-state index in [1.54, 1.807) is 0 Å². The molecule has 336 valence electrons. The maximum Gasteiger partial charge on any atom is 0.128 e. The highest BCUT2D eigenvalue weighted by Crippen LogP contribution is 2.48. The zero-order chi connectivity index (χ0) is 45.8. The molecule has 6 heteroatoms. The second kappa shape index (κ2) is 19.3. The molecule has 0 bridgehead atoms. The summed E-state index contributed by atoms with van der Waals surface area (Å²) in [5, 5.41) is 41.1. The van der Waals surface area contributed by atoms with E-state index in [1.807, 2.05) is 72.8 Å². The summed E-state index contributed by atoms with van der Waals surface area (Å²) in [5.41, 5.74) is 7.16. The molecule has 1 saturated carbocycles. The second-order valence-electron chi connectivity index (χ2n) is 18.1. The lowest BCUT2D eigenvalue weighted by atomic mass is 9.88. The summed E-state index contributed by atoms with van der Waals surface area (Å²) in [6.45, 7) is 1.78. The summed E-state index contributed by atoms with van der Waals surface area (Å²) < 4.78 is 13.2. The van der Waals surface area contributed by atoms with Crippen LogP contribution in [0.2, 0.25) is 0 Å². The zero-order valence-electron chi connectivity index (χ0n) is 38.0. The third kappa shape index (κ3) is 8.61. The number of phenolic OH excluding ortho intramolecular Hbond substituents is 2. The number of benzene rings is 10. The van der Waals surface area contributed by atoms with Crippen molar-refractivity contribution in [2.45, 2.75) is 64.1 Å². The van der Waals surface area contributed by atoms with Crippen molar-refractivity contribution < 1.29 is 19.7 Å². The molecule has 6 nitrogen and oxygen atoms in total. The summed E-state index contributed by atoms with van der Waals surface area (Å²) >= 11 is 0. The van der Waals surface area contributed by atoms with Gasteiger partial charge in [-0.1, -0.05) is 183 Å². The highest BCUT2D eigenvalue weighted by Gasteiger charge is 2.28. The Morgan fingerprint density at radius 3 is 1.15 bits per heavy atom. The Morgan fingerprint density at radius 2 is 0.735 bits per heavy atom. The zero-order valence-corrected chi connectivity index (χ0v) is 38.0. The molecule has 0 amide bonds. The Bertz CT molecular complexity index is 3180. The van der Waals surface area contributed by atoms with Gasteiger partial charge in [0, 0.05) is 58.6 Å². The predicted octanol–water partition coefficient (Wildman–Crippen LogP) is 14.4. The molecule has 4 N–H and O–H groups in total. The molecule has 0 spiro atoms. The van der Waals surface area contributed by atoms with Gasteiger partial charge in [0.1, 0.15) is 36.2 Å². The third-order valence-electron chi connectivity index (χ3n) is 13.8. The van der Waals surface area contributed by atoms with Crippen LogP contribution in [0.25, 0.3) is 65.3 Å². The van der Waals surface area contributed by atoms with Gasteiger partial charge in [-0.05, 0) is 91.3 Å². The van der Waals surface area contributed by atoms with E-state index in [0.717, 1.165) is 125 Å². The standard InChI is InChI=1S/C62H54N2O4/c65-61-47(35-45-23-9-13-27-51(45)59(61)57-49-25-11-7-21-43(49)31-33-55(57)67-39-41-17-3-1-4-18-41)37-63-53-29-15-16-30-54(53)64-38-48-36-46-24-10-14-28-52(46)60(62(48)66)58-50-26-12-8-22-44(50)32-34-56(58)68-40-42-19-5-2-6-20-42/h1-14,17-28,31-36,53-54,63-66H,15-16,29-30,37-40H2/t53-,54?/m0/s1. The molecule has 10 aromatic carbocycles. The van der Waals surface area contributed by atoms with Crippen molar-refractivity contribution in [3.63, 3.8) is 0 Å². The Hall–Kier alpha value is -7.64. The van der Waals surface area contributed by atoms with Gasteiger partial charge in [-0.25, -0.2) is 0 Å². The first-order chi connectivity index (χ1) is 33.6. The number of ether oxygens (including phenoxy) is 2. The Labute approximate surface area is 397 Å². The number of rotatable bonds is 14. The van der Waals surface area contributed by atoms with Crippen LogP contribution in [-0.4, -0.2) is 22.3 Å². The van der Waals surface area contributed by atoms with Crippen LogP contribution < -0.4 is 20.1 Å². The fourth-order valence-corrected chi connectivity index (χ4v) is 10.4. The Kier molecular flexibility index (Phi) is 12.2. The molecule has 1 aliphatic carbocycles. The summed E-state index contributed by atoms with van der Waals surface area (Å²) in [6.07, 6.45) is 4.21. The molecule has 11 rings (SSSR count). The van der Waals surface area contributed by atoms with E-state index in [9.17, 15) is 10.2 Å². The topological polar surface area (TPSA) is 83.0 Å². The lowest BCUT2D eigenvalue weighted by Gasteiger charge is -2.33. The average molecular weight is 891 g/mol. The first kappa shape index (κ1) is 43.0. The van der Waals surface area contributed by atoms with Crippen molar-refractivity contribution in [3.8, 4) is 45.3 Å². The number of phenols is 2. The van der Waals surface area contributed by atoms with E-state index in [4.69, 9.17) is 9.47 Å². The average Bonchev–Trinajstić information content (AvgIpc) is 3.39. The summed E-state index contributed by atoms with van der Waals surface area (Å²) in [7, 11) is 0. The SMILES string of the molecule is Oc1c(CNC2CCCC[C@@H]2NCc2cc3ccccc3c(-c3c(OCc4ccccc4)ccc4ccccc34)c2O)cc2ccccc2c1-c1c(OCc2ccccc2)ccc2ccccc12. The predicted molar refractivity (Wildman–Crippen MR) is 278 cm³/mol. The second-order valence-corrected chi connectivity index (χ2v) is 18.1. The lowest BCUT2D eigenvalue weighted by molar-refractivity contribution is 0.279. The summed E-state index contributed by atoms with van der Waals surface area (Å²) in [5.74, 6) is 1.97. The summed E-state index contributed by atoms with van der Waals surface area (Å²) in [6, 6.07) is 66.5. The van der Waals surface area contributed by atoms with Crippen molar-refractivity contribution in [1.82, 2.24) is 10.6 Å². The van der Waals surface area contributed by atoms with Gasteiger partial charge < -0.3 is 30.3 Å². The molecule has 10 aromatic rings. The monoisotopic (exact) mass is 890 g/mol. The number of hydrogen-bond acceptors (Lipinski definition) is 6. The molecular weight excluding hydrogens is 837 g/mol. The maximum atomic E-state index is 12.5. The smallest absolute Gasteiger partial charge is 0.128 e. The minimum atomic E-state index is 0.138. The van der Waals surface area contributed by atoms with Gasteiger partial charge in [-0.2, -0.15) is 0 Å². The van der Waals surface area contributed by atoms with Crippen molar-refractivity contribution in [2.24, 2.45) is 0 Å². The minimum absolute atomic E-state index is 0.138. The first-order valence-electron chi connectivity index (χ1n) is 23.9. The maximum absolute atomic E-state index is 12.5. The number of fused-ring (bicyclic) bond motifs is 4. The van der Waals surface area contributed by atoms with Crippen LogP contribution in [-0.2, 0) is 26.3 Å². The Balaban J connectivity index is 0.903. The molecular formula is C62H54N2O4. The van der Waals surface area contributed by atoms with E-state index < -0.39 is 0 Å². The molecule has 0 radical (unpaired) electrons. The minimum Gasteiger partial charge on any atom is -0.507 e. The van der Waals surface area contributed by atoms with E-state index in [0.29, 0.717) is 26.3 Å². The lowest BCUT2D eigenvalue weighted by Crippen LogP contribution is -2.49. The summed E-state index contributed by atoms with van der Waals surface area (Å²) in [4.78, 5) is 0. The highest BCUT2D eigenvalue weighted by molar-refractivity contribution is 6.11. The van der Waals surface area contributed by atoms with Crippen LogP contribution >= 0.6 is 0 Å². The van der Waals surface area contributed by atoms with Crippen molar-refractivity contribution in [1.29, 1.82) is 0 Å². The van der Waals surface area contributed by atoms with Gasteiger partial charge in [0.2, 0.25) is 0 Å².